The summed E-state index contributed by atoms with van der Waals surface area (Å²) in [5.74, 6) is -0.398. The molecule has 0 aliphatic rings. The molecule has 0 radical (unpaired) electrons. The van der Waals surface area contributed by atoms with Crippen molar-refractivity contribution in [2.75, 3.05) is 5.32 Å². The van der Waals surface area contributed by atoms with Crippen molar-refractivity contribution in [3.63, 3.8) is 0 Å². The Kier molecular flexibility index (Phi) is 3.38. The Labute approximate surface area is 109 Å². The maximum absolute atomic E-state index is 11.7. The van der Waals surface area contributed by atoms with Gasteiger partial charge in [-0.2, -0.15) is 5.10 Å². The molecule has 0 unspecified atom stereocenters. The minimum atomic E-state index is -0.528. The van der Waals surface area contributed by atoms with Gasteiger partial charge in [0.05, 0.1) is 22.4 Å². The van der Waals surface area contributed by atoms with Gasteiger partial charge in [-0.15, -0.1) is 0 Å². The fourth-order valence-electron chi connectivity index (χ4n) is 1.29. The number of anilines is 1. The van der Waals surface area contributed by atoms with E-state index in [4.69, 9.17) is 0 Å². The smallest absolute Gasteiger partial charge is 0.271 e. The highest BCUT2D eigenvalue weighted by Gasteiger charge is 2.13. The molecule has 2 aromatic rings. The van der Waals surface area contributed by atoms with Gasteiger partial charge in [-0.3, -0.25) is 20.0 Å². The number of H-pyrrole nitrogens is 1. The summed E-state index contributed by atoms with van der Waals surface area (Å²) in [6.45, 7) is 0. The molecule has 0 saturated heterocycles. The zero-order chi connectivity index (χ0) is 13.1. The van der Waals surface area contributed by atoms with Crippen LogP contribution in [0.5, 0.6) is 0 Å². The van der Waals surface area contributed by atoms with Crippen LogP contribution in [0.1, 0.15) is 10.4 Å². The topological polar surface area (TPSA) is 101 Å². The lowest BCUT2D eigenvalue weighted by Gasteiger charge is -2.05. The molecule has 0 bridgehead atoms. The lowest BCUT2D eigenvalue weighted by atomic mass is 10.2. The molecular weight excluding hydrogens is 304 g/mol. The predicted molar refractivity (Wildman–Crippen MR) is 67.3 cm³/mol. The number of halogens is 1. The number of carbonyl (C=O) groups is 1. The lowest BCUT2D eigenvalue weighted by Crippen LogP contribution is -2.11. The quantitative estimate of drug-likeness (QED) is 0.671. The van der Waals surface area contributed by atoms with Gasteiger partial charge < -0.3 is 5.32 Å². The van der Waals surface area contributed by atoms with Crippen molar-refractivity contribution in [2.45, 2.75) is 0 Å². The third-order valence-electron chi connectivity index (χ3n) is 2.17. The zero-order valence-corrected chi connectivity index (χ0v) is 10.5. The predicted octanol–water partition coefficient (Wildman–Crippen LogP) is 2.33. The molecule has 1 aromatic carbocycles. The van der Waals surface area contributed by atoms with Gasteiger partial charge in [0.15, 0.2) is 0 Å². The summed E-state index contributed by atoms with van der Waals surface area (Å²) >= 11 is 3.21. The lowest BCUT2D eigenvalue weighted by molar-refractivity contribution is -0.384. The minimum absolute atomic E-state index is 0.0966. The molecule has 2 rings (SSSR count). The first-order chi connectivity index (χ1) is 8.58. The van der Waals surface area contributed by atoms with Gasteiger partial charge in [0, 0.05) is 22.8 Å². The molecule has 8 heteroatoms. The number of benzene rings is 1. The van der Waals surface area contributed by atoms with E-state index < -0.39 is 10.8 Å². The van der Waals surface area contributed by atoms with Gasteiger partial charge in [0.25, 0.3) is 11.6 Å². The van der Waals surface area contributed by atoms with Crippen LogP contribution in [-0.4, -0.2) is 21.0 Å². The first-order valence-corrected chi connectivity index (χ1v) is 5.61. The number of nitrogens with one attached hydrogen (secondary N) is 2. The van der Waals surface area contributed by atoms with Crippen LogP contribution in [0.3, 0.4) is 0 Å². The summed E-state index contributed by atoms with van der Waals surface area (Å²) in [4.78, 5) is 21.9. The average molecular weight is 311 g/mol. The van der Waals surface area contributed by atoms with E-state index in [0.717, 1.165) is 0 Å². The van der Waals surface area contributed by atoms with Crippen molar-refractivity contribution >= 4 is 33.2 Å². The fraction of sp³-hybridized carbons (Fsp3) is 0. The van der Waals surface area contributed by atoms with E-state index in [1.807, 2.05) is 0 Å². The van der Waals surface area contributed by atoms with Crippen molar-refractivity contribution in [1.29, 1.82) is 0 Å². The van der Waals surface area contributed by atoms with E-state index in [-0.39, 0.29) is 5.69 Å². The molecule has 0 atom stereocenters. The van der Waals surface area contributed by atoms with Crippen LogP contribution in [0.15, 0.2) is 35.1 Å². The Bertz CT molecular complexity index is 597. The van der Waals surface area contributed by atoms with Crippen LogP contribution < -0.4 is 5.32 Å². The molecule has 1 aromatic heterocycles. The SMILES string of the molecule is O=C(Nc1cc([N+](=O)[O-])ccc1Br)c1cn[nH]c1. The maximum atomic E-state index is 11.7. The Morgan fingerprint density at radius 1 is 1.50 bits per heavy atom. The Morgan fingerprint density at radius 2 is 2.28 bits per heavy atom. The molecule has 0 fully saturated rings. The van der Waals surface area contributed by atoms with Crippen molar-refractivity contribution in [1.82, 2.24) is 10.2 Å². The second-order valence-electron chi connectivity index (χ2n) is 3.36. The van der Waals surface area contributed by atoms with Gasteiger partial charge in [-0.05, 0) is 22.0 Å². The third-order valence-corrected chi connectivity index (χ3v) is 2.86. The van der Waals surface area contributed by atoms with Crippen molar-refractivity contribution in [2.24, 2.45) is 0 Å². The molecule has 18 heavy (non-hydrogen) atoms. The van der Waals surface area contributed by atoms with Crippen LogP contribution >= 0.6 is 15.9 Å². The Balaban J connectivity index is 2.26. The molecular formula is C10H7BrN4O3. The number of non-ortho nitro benzene ring substituents is 1. The Hall–Kier alpha value is -2.22. The summed E-state index contributed by atoms with van der Waals surface area (Å²) in [6.07, 6.45) is 2.79. The number of aromatic amines is 1. The number of amides is 1. The molecule has 0 aliphatic carbocycles. The van der Waals surface area contributed by atoms with E-state index >= 15 is 0 Å². The summed E-state index contributed by atoms with van der Waals surface area (Å²) < 4.78 is 0.560. The van der Waals surface area contributed by atoms with E-state index in [2.05, 4.69) is 31.4 Å². The van der Waals surface area contributed by atoms with Gasteiger partial charge in [0.2, 0.25) is 0 Å². The first kappa shape index (κ1) is 12.2. The fourth-order valence-corrected chi connectivity index (χ4v) is 1.64. The molecule has 0 saturated carbocycles. The van der Waals surface area contributed by atoms with E-state index in [1.165, 1.54) is 30.6 Å². The zero-order valence-electron chi connectivity index (χ0n) is 8.88. The number of hydrogen-bond acceptors (Lipinski definition) is 4. The number of rotatable bonds is 3. The number of hydrogen-bond donors (Lipinski definition) is 2. The second kappa shape index (κ2) is 4.96. The largest absolute Gasteiger partial charge is 0.321 e. The second-order valence-corrected chi connectivity index (χ2v) is 4.22. The summed E-state index contributed by atoms with van der Waals surface area (Å²) in [5, 5.41) is 19.4. The van der Waals surface area contributed by atoms with Crippen LogP contribution in [0.25, 0.3) is 0 Å². The standard InChI is InChI=1S/C10H7BrN4O3/c11-8-2-1-7(15(17)18)3-9(8)14-10(16)6-4-12-13-5-6/h1-5H,(H,12,13)(H,14,16). The molecule has 92 valence electrons. The van der Waals surface area contributed by atoms with Crippen LogP contribution in [0.2, 0.25) is 0 Å². The van der Waals surface area contributed by atoms with Crippen molar-refractivity contribution in [3.8, 4) is 0 Å². The number of nitro benzene ring substituents is 1. The minimum Gasteiger partial charge on any atom is -0.321 e. The maximum Gasteiger partial charge on any atom is 0.271 e. The van der Waals surface area contributed by atoms with Crippen LogP contribution in [0.4, 0.5) is 11.4 Å². The molecule has 1 heterocycles. The third kappa shape index (κ3) is 2.54. The highest BCUT2D eigenvalue weighted by Crippen LogP contribution is 2.27. The highest BCUT2D eigenvalue weighted by molar-refractivity contribution is 9.10. The number of nitrogens with zero attached hydrogens (tertiary/aromatic N) is 2. The van der Waals surface area contributed by atoms with E-state index in [1.54, 1.807) is 0 Å². The molecule has 1 amide bonds. The monoisotopic (exact) mass is 310 g/mol. The van der Waals surface area contributed by atoms with Crippen LogP contribution in [-0.2, 0) is 0 Å². The number of aromatic nitrogens is 2. The van der Waals surface area contributed by atoms with E-state index in [0.29, 0.717) is 15.7 Å². The summed E-state index contributed by atoms with van der Waals surface area (Å²) in [6, 6.07) is 4.13. The first-order valence-electron chi connectivity index (χ1n) is 4.82. The van der Waals surface area contributed by atoms with Gasteiger partial charge >= 0.3 is 0 Å². The van der Waals surface area contributed by atoms with Gasteiger partial charge in [-0.25, -0.2) is 0 Å². The molecule has 2 N–H and O–H groups in total. The molecule has 0 aliphatic heterocycles. The van der Waals surface area contributed by atoms with Crippen molar-refractivity contribution < 1.29 is 9.72 Å². The average Bonchev–Trinajstić information content (AvgIpc) is 2.85. The summed E-state index contributed by atoms with van der Waals surface area (Å²) in [7, 11) is 0. The van der Waals surface area contributed by atoms with Gasteiger partial charge in [-0.1, -0.05) is 0 Å². The van der Waals surface area contributed by atoms with Crippen molar-refractivity contribution in [3.05, 3.63) is 50.7 Å². The normalized spacial score (nSPS) is 10.1. The Morgan fingerprint density at radius 3 is 2.89 bits per heavy atom. The number of nitro groups is 1. The number of carbonyl (C=O) groups excluding carboxylic acids is 1. The summed E-state index contributed by atoms with van der Waals surface area (Å²) in [5.41, 5.74) is 0.574. The molecule has 0 spiro atoms. The molecule has 7 nitrogen and oxygen atoms in total. The highest BCUT2D eigenvalue weighted by atomic mass is 79.9. The van der Waals surface area contributed by atoms with E-state index in [9.17, 15) is 14.9 Å². The van der Waals surface area contributed by atoms with Crippen LogP contribution in [0, 0.1) is 10.1 Å². The van der Waals surface area contributed by atoms with Gasteiger partial charge in [0.1, 0.15) is 0 Å².